The molecule has 122 valence electrons. The zero-order valence-electron chi connectivity index (χ0n) is 15.3. The Morgan fingerprint density at radius 1 is 0.682 bits per heavy atom. The molecule has 1 heteroatoms. The van der Waals surface area contributed by atoms with Gasteiger partial charge in [-0.2, -0.15) is 0 Å². The smallest absolute Gasteiger partial charge is 0.0515 e. The molecule has 0 atom stereocenters. The molecule has 0 aliphatic rings. The van der Waals surface area contributed by atoms with Gasteiger partial charge >= 0.3 is 0 Å². The maximum Gasteiger partial charge on any atom is 0.0515 e. The minimum absolute atomic E-state index is 1.22. The molecule has 0 saturated carbocycles. The Morgan fingerprint density at radius 2 is 1.14 bits per heavy atom. The van der Waals surface area contributed by atoms with E-state index in [0.717, 1.165) is 0 Å². The van der Waals surface area contributed by atoms with Gasteiger partial charge in [0.15, 0.2) is 0 Å². The Morgan fingerprint density at radius 3 is 1.68 bits per heavy atom. The monoisotopic (exact) mass is 299 g/mol. The van der Waals surface area contributed by atoms with E-state index in [0.29, 0.717) is 0 Å². The fourth-order valence-electron chi connectivity index (χ4n) is 3.98. The van der Waals surface area contributed by atoms with E-state index in [1.54, 1.807) is 22.3 Å². The summed E-state index contributed by atoms with van der Waals surface area (Å²) in [7, 11) is 2.21. The van der Waals surface area contributed by atoms with E-state index in [1.165, 1.54) is 62.3 Å². The van der Waals surface area contributed by atoms with Crippen LogP contribution < -0.4 is 0 Å². The summed E-state index contributed by atoms with van der Waals surface area (Å²) in [6, 6.07) is 2.36. The lowest BCUT2D eigenvalue weighted by molar-refractivity contribution is 0.805. The molecular formula is C21H33N. The van der Waals surface area contributed by atoms with E-state index in [4.69, 9.17) is 0 Å². The van der Waals surface area contributed by atoms with Gasteiger partial charge in [0.05, 0.1) is 5.52 Å². The quantitative estimate of drug-likeness (QED) is 0.564. The van der Waals surface area contributed by atoms with Crippen molar-refractivity contribution in [3.05, 3.63) is 34.5 Å². The van der Waals surface area contributed by atoms with Crippen molar-refractivity contribution in [2.45, 2.75) is 79.1 Å². The summed E-state index contributed by atoms with van der Waals surface area (Å²) < 4.78 is 2.36. The second kappa shape index (κ2) is 7.85. The van der Waals surface area contributed by atoms with Crippen LogP contribution in [0.1, 0.15) is 75.6 Å². The van der Waals surface area contributed by atoms with E-state index in [9.17, 15) is 0 Å². The molecule has 22 heavy (non-hydrogen) atoms. The van der Waals surface area contributed by atoms with Gasteiger partial charge in [-0.05, 0) is 54.0 Å². The first-order chi connectivity index (χ1) is 10.7. The molecule has 0 bridgehead atoms. The zero-order valence-corrected chi connectivity index (χ0v) is 15.3. The van der Waals surface area contributed by atoms with Crippen LogP contribution in [0.4, 0.5) is 0 Å². The fraction of sp³-hybridized carbons (Fsp3) is 0.619. The van der Waals surface area contributed by atoms with Crippen molar-refractivity contribution in [3.8, 4) is 0 Å². The van der Waals surface area contributed by atoms with Gasteiger partial charge in [0.1, 0.15) is 0 Å². The fourth-order valence-corrected chi connectivity index (χ4v) is 3.98. The summed E-state index contributed by atoms with van der Waals surface area (Å²) in [5.41, 5.74) is 8.16. The van der Waals surface area contributed by atoms with Crippen molar-refractivity contribution in [2.75, 3.05) is 0 Å². The maximum absolute atomic E-state index is 2.36. The molecule has 0 unspecified atom stereocenters. The van der Waals surface area contributed by atoms with E-state index in [2.05, 4.69) is 51.6 Å². The number of nitrogens with zero attached hydrogens (tertiary/aromatic N) is 1. The summed E-state index contributed by atoms with van der Waals surface area (Å²) in [5, 5.41) is 1.52. The highest BCUT2D eigenvalue weighted by Crippen LogP contribution is 2.34. The van der Waals surface area contributed by atoms with Gasteiger partial charge < -0.3 is 4.57 Å². The van der Waals surface area contributed by atoms with Crippen LogP contribution in [0.2, 0.25) is 0 Å². The molecule has 0 aliphatic heterocycles. The third-order valence-corrected chi connectivity index (χ3v) is 4.78. The molecule has 0 saturated heterocycles. The highest BCUT2D eigenvalue weighted by molar-refractivity contribution is 5.89. The predicted molar refractivity (Wildman–Crippen MR) is 98.9 cm³/mol. The summed E-state index contributed by atoms with van der Waals surface area (Å²) in [6.07, 6.45) is 12.1. The molecule has 0 aliphatic carbocycles. The number of hydrogen-bond donors (Lipinski definition) is 0. The Labute approximate surface area is 136 Å². The van der Waals surface area contributed by atoms with Crippen molar-refractivity contribution in [3.63, 3.8) is 0 Å². The molecular weight excluding hydrogens is 266 g/mol. The van der Waals surface area contributed by atoms with Crippen molar-refractivity contribution < 1.29 is 0 Å². The normalized spacial score (nSPS) is 11.5. The molecule has 1 aromatic carbocycles. The molecule has 0 fully saturated rings. The second-order valence-corrected chi connectivity index (χ2v) is 6.60. The third-order valence-electron chi connectivity index (χ3n) is 4.78. The summed E-state index contributed by atoms with van der Waals surface area (Å²) in [4.78, 5) is 0. The predicted octanol–water partition coefficient (Wildman–Crippen LogP) is 5.99. The van der Waals surface area contributed by atoms with Gasteiger partial charge in [0.2, 0.25) is 0 Å². The lowest BCUT2D eigenvalue weighted by atomic mass is 9.85. The summed E-state index contributed by atoms with van der Waals surface area (Å²) in [6.45, 7) is 9.26. The molecule has 2 aromatic rings. The van der Waals surface area contributed by atoms with Gasteiger partial charge in [-0.25, -0.2) is 0 Å². The Hall–Kier alpha value is -1.24. The molecule has 0 spiro atoms. The summed E-state index contributed by atoms with van der Waals surface area (Å²) >= 11 is 0. The number of benzene rings is 1. The Balaban J connectivity index is 2.83. The van der Waals surface area contributed by atoms with Crippen LogP contribution in [0.15, 0.2) is 12.3 Å². The van der Waals surface area contributed by atoms with Crippen LogP contribution in [-0.2, 0) is 32.7 Å². The van der Waals surface area contributed by atoms with Gasteiger partial charge in [-0.3, -0.25) is 0 Å². The van der Waals surface area contributed by atoms with Crippen LogP contribution in [-0.4, -0.2) is 4.57 Å². The minimum Gasteiger partial charge on any atom is -0.350 e. The maximum atomic E-state index is 2.36. The van der Waals surface area contributed by atoms with Gasteiger partial charge in [-0.1, -0.05) is 53.4 Å². The highest BCUT2D eigenvalue weighted by Gasteiger charge is 2.19. The molecule has 1 nitrogen and oxygen atoms in total. The molecule has 0 amide bonds. The van der Waals surface area contributed by atoms with Crippen molar-refractivity contribution in [1.82, 2.24) is 4.57 Å². The van der Waals surface area contributed by atoms with Gasteiger partial charge in [0, 0.05) is 18.6 Å². The highest BCUT2D eigenvalue weighted by atomic mass is 14.9. The molecule has 1 heterocycles. The van der Waals surface area contributed by atoms with Crippen molar-refractivity contribution in [2.24, 2.45) is 7.05 Å². The van der Waals surface area contributed by atoms with Crippen LogP contribution in [0.3, 0.4) is 0 Å². The SMILES string of the molecule is CCCc1c(CCC)c(CCC)c2c(ccn2C)c1CCC. The average molecular weight is 300 g/mol. The number of fused-ring (bicyclic) bond motifs is 1. The first-order valence-electron chi connectivity index (χ1n) is 9.29. The largest absolute Gasteiger partial charge is 0.350 e. The van der Waals surface area contributed by atoms with E-state index in [-0.39, 0.29) is 0 Å². The number of rotatable bonds is 8. The molecule has 2 rings (SSSR count). The Bertz CT molecular complexity index is 619. The molecule has 0 N–H and O–H groups in total. The zero-order chi connectivity index (χ0) is 16.1. The van der Waals surface area contributed by atoms with Crippen LogP contribution in [0.25, 0.3) is 10.9 Å². The Kier molecular flexibility index (Phi) is 6.11. The third kappa shape index (κ3) is 3.09. The summed E-state index contributed by atoms with van der Waals surface area (Å²) in [5.74, 6) is 0. The average Bonchev–Trinajstić information content (AvgIpc) is 2.88. The van der Waals surface area contributed by atoms with E-state index in [1.807, 2.05) is 0 Å². The lowest BCUT2D eigenvalue weighted by Crippen LogP contribution is -2.08. The van der Waals surface area contributed by atoms with E-state index < -0.39 is 0 Å². The molecule has 0 radical (unpaired) electrons. The molecule has 1 aromatic heterocycles. The van der Waals surface area contributed by atoms with Crippen LogP contribution in [0.5, 0.6) is 0 Å². The topological polar surface area (TPSA) is 4.93 Å². The number of aryl methyl sites for hydroxylation is 3. The lowest BCUT2D eigenvalue weighted by Gasteiger charge is -2.21. The van der Waals surface area contributed by atoms with E-state index >= 15 is 0 Å². The van der Waals surface area contributed by atoms with Crippen molar-refractivity contribution in [1.29, 1.82) is 0 Å². The first kappa shape index (κ1) is 17.1. The van der Waals surface area contributed by atoms with Gasteiger partial charge in [0.25, 0.3) is 0 Å². The second-order valence-electron chi connectivity index (χ2n) is 6.60. The van der Waals surface area contributed by atoms with Gasteiger partial charge in [-0.15, -0.1) is 0 Å². The number of aromatic nitrogens is 1. The first-order valence-corrected chi connectivity index (χ1v) is 9.29. The number of hydrogen-bond acceptors (Lipinski definition) is 0. The van der Waals surface area contributed by atoms with Crippen molar-refractivity contribution >= 4 is 10.9 Å². The minimum atomic E-state index is 1.22. The van der Waals surface area contributed by atoms with Crippen LogP contribution in [0, 0.1) is 0 Å². The standard InChI is InChI=1S/C21H33N/c1-6-10-16-17(11-7-2)19(13-9-4)21-20(14-15-22(21)5)18(16)12-8-3/h14-15H,6-13H2,1-5H3. The van der Waals surface area contributed by atoms with Crippen LogP contribution >= 0.6 is 0 Å².